The zero-order chi connectivity index (χ0) is 21.2. The van der Waals surface area contributed by atoms with E-state index >= 15 is 0 Å². The molecule has 2 rings (SSSR count). The number of likely N-dealkylation sites (tertiary alicyclic amines) is 1. The standard InChI is InChI=1S/C21H36N4O4/c1-23(2)15-17-7-8-20(21(13-17)25(28)29)22-10-5-3-4-6-11-24-12-9-19(27)14-18(24)16-26/h7-8,13,18-19,22,26-27H,3-6,9-12,14-16H2,1-2H3. The second-order valence-corrected chi connectivity index (χ2v) is 8.24. The lowest BCUT2D eigenvalue weighted by atomic mass is 9.99. The number of benzene rings is 1. The second-order valence-electron chi connectivity index (χ2n) is 8.24. The first-order valence-electron chi connectivity index (χ1n) is 10.6. The Bertz CT molecular complexity index is 641. The van der Waals surface area contributed by atoms with E-state index in [0.29, 0.717) is 25.2 Å². The molecular weight excluding hydrogens is 372 g/mol. The molecule has 1 fully saturated rings. The van der Waals surface area contributed by atoms with Crippen molar-refractivity contribution in [1.29, 1.82) is 0 Å². The summed E-state index contributed by atoms with van der Waals surface area (Å²) >= 11 is 0. The molecule has 8 heteroatoms. The summed E-state index contributed by atoms with van der Waals surface area (Å²) < 4.78 is 0. The van der Waals surface area contributed by atoms with Crippen molar-refractivity contribution < 1.29 is 15.1 Å². The Kier molecular flexibility index (Phi) is 9.80. The van der Waals surface area contributed by atoms with Crippen LogP contribution in [0.1, 0.15) is 44.1 Å². The maximum Gasteiger partial charge on any atom is 0.292 e. The summed E-state index contributed by atoms with van der Waals surface area (Å²) in [5, 5.41) is 33.8. The molecule has 1 heterocycles. The van der Waals surface area contributed by atoms with Crippen LogP contribution < -0.4 is 5.32 Å². The first kappa shape index (κ1) is 23.5. The number of nitro groups is 1. The minimum atomic E-state index is -0.325. The van der Waals surface area contributed by atoms with Crippen molar-refractivity contribution in [3.63, 3.8) is 0 Å². The van der Waals surface area contributed by atoms with Gasteiger partial charge in [0.1, 0.15) is 5.69 Å². The third kappa shape index (κ3) is 7.89. The molecule has 1 aromatic carbocycles. The van der Waals surface area contributed by atoms with Crippen LogP contribution in [-0.4, -0.2) is 77.4 Å². The predicted octanol–water partition coefficient (Wildman–Crippen LogP) is 2.45. The maximum absolute atomic E-state index is 11.4. The van der Waals surface area contributed by atoms with Crippen molar-refractivity contribution in [2.45, 2.75) is 57.2 Å². The van der Waals surface area contributed by atoms with Crippen LogP contribution in [0.3, 0.4) is 0 Å². The highest BCUT2D eigenvalue weighted by atomic mass is 16.6. The summed E-state index contributed by atoms with van der Waals surface area (Å²) in [6.07, 6.45) is 5.32. The van der Waals surface area contributed by atoms with Crippen LogP contribution in [0.15, 0.2) is 18.2 Å². The van der Waals surface area contributed by atoms with Gasteiger partial charge in [-0.25, -0.2) is 0 Å². The zero-order valence-electron chi connectivity index (χ0n) is 17.7. The van der Waals surface area contributed by atoms with Gasteiger partial charge in [0.15, 0.2) is 0 Å². The van der Waals surface area contributed by atoms with E-state index in [4.69, 9.17) is 0 Å². The molecule has 0 radical (unpaired) electrons. The molecule has 29 heavy (non-hydrogen) atoms. The van der Waals surface area contributed by atoms with Crippen LogP contribution in [0.25, 0.3) is 0 Å². The molecule has 2 unspecified atom stereocenters. The van der Waals surface area contributed by atoms with Gasteiger partial charge >= 0.3 is 0 Å². The van der Waals surface area contributed by atoms with Crippen LogP contribution in [0.4, 0.5) is 11.4 Å². The molecule has 1 aliphatic heterocycles. The number of hydrogen-bond acceptors (Lipinski definition) is 7. The number of nitrogens with one attached hydrogen (secondary N) is 1. The van der Waals surface area contributed by atoms with Gasteiger partial charge in [-0.3, -0.25) is 15.0 Å². The minimum Gasteiger partial charge on any atom is -0.395 e. The summed E-state index contributed by atoms with van der Waals surface area (Å²) in [7, 11) is 3.88. The lowest BCUT2D eigenvalue weighted by molar-refractivity contribution is -0.384. The number of piperidine rings is 1. The molecule has 0 amide bonds. The number of aliphatic hydroxyl groups is 2. The lowest BCUT2D eigenvalue weighted by Crippen LogP contribution is -2.46. The topological polar surface area (TPSA) is 102 Å². The van der Waals surface area contributed by atoms with Crippen LogP contribution in [0, 0.1) is 10.1 Å². The van der Waals surface area contributed by atoms with Crippen LogP contribution >= 0.6 is 0 Å². The Morgan fingerprint density at radius 1 is 1.28 bits per heavy atom. The van der Waals surface area contributed by atoms with E-state index in [2.05, 4.69) is 10.2 Å². The third-order valence-corrected chi connectivity index (χ3v) is 5.47. The smallest absolute Gasteiger partial charge is 0.292 e. The number of nitro benzene ring substituents is 1. The van der Waals surface area contributed by atoms with Gasteiger partial charge in [0.25, 0.3) is 5.69 Å². The van der Waals surface area contributed by atoms with Crippen LogP contribution in [0.5, 0.6) is 0 Å². The van der Waals surface area contributed by atoms with Gasteiger partial charge in [-0.2, -0.15) is 0 Å². The fraction of sp³-hybridized carbons (Fsp3) is 0.714. The average Bonchev–Trinajstić information content (AvgIpc) is 2.68. The summed E-state index contributed by atoms with van der Waals surface area (Å²) in [4.78, 5) is 15.3. The number of unbranched alkanes of at least 4 members (excludes halogenated alkanes) is 3. The van der Waals surface area contributed by atoms with Gasteiger partial charge < -0.3 is 20.4 Å². The van der Waals surface area contributed by atoms with E-state index in [1.54, 1.807) is 12.1 Å². The monoisotopic (exact) mass is 408 g/mol. The van der Waals surface area contributed by atoms with Crippen LogP contribution in [0.2, 0.25) is 0 Å². The normalized spacial score (nSPS) is 20.2. The summed E-state index contributed by atoms with van der Waals surface area (Å²) in [5.74, 6) is 0. The van der Waals surface area contributed by atoms with Crippen LogP contribution in [-0.2, 0) is 6.54 Å². The highest BCUT2D eigenvalue weighted by Crippen LogP contribution is 2.26. The van der Waals surface area contributed by atoms with E-state index in [1.165, 1.54) is 0 Å². The Morgan fingerprint density at radius 3 is 2.72 bits per heavy atom. The van der Waals surface area contributed by atoms with Crippen molar-refractivity contribution in [3.05, 3.63) is 33.9 Å². The molecule has 8 nitrogen and oxygen atoms in total. The number of anilines is 1. The van der Waals surface area contributed by atoms with Crippen molar-refractivity contribution in [2.24, 2.45) is 0 Å². The molecule has 1 aromatic rings. The first-order valence-corrected chi connectivity index (χ1v) is 10.6. The van der Waals surface area contributed by atoms with Gasteiger partial charge in [-0.1, -0.05) is 18.9 Å². The van der Waals surface area contributed by atoms with E-state index < -0.39 is 0 Å². The van der Waals surface area contributed by atoms with E-state index in [-0.39, 0.29) is 29.4 Å². The van der Waals surface area contributed by atoms with Crippen molar-refractivity contribution in [1.82, 2.24) is 9.80 Å². The van der Waals surface area contributed by atoms with Gasteiger partial charge in [-0.05, 0) is 58.0 Å². The molecule has 0 saturated carbocycles. The van der Waals surface area contributed by atoms with E-state index in [1.807, 2.05) is 25.1 Å². The number of aliphatic hydroxyl groups excluding tert-OH is 2. The Morgan fingerprint density at radius 2 is 2.03 bits per heavy atom. The van der Waals surface area contributed by atoms with Gasteiger partial charge in [0.2, 0.25) is 0 Å². The fourth-order valence-corrected chi connectivity index (χ4v) is 3.92. The van der Waals surface area contributed by atoms with Crippen molar-refractivity contribution in [3.8, 4) is 0 Å². The highest BCUT2D eigenvalue weighted by Gasteiger charge is 2.26. The first-order chi connectivity index (χ1) is 13.9. The Labute approximate surface area is 173 Å². The molecular formula is C21H36N4O4. The summed E-state index contributed by atoms with van der Waals surface area (Å²) in [5.41, 5.74) is 1.64. The van der Waals surface area contributed by atoms with Gasteiger partial charge in [0, 0.05) is 31.7 Å². The predicted molar refractivity (Wildman–Crippen MR) is 115 cm³/mol. The molecule has 0 aliphatic carbocycles. The molecule has 1 saturated heterocycles. The number of rotatable bonds is 12. The molecule has 0 aromatic heterocycles. The van der Waals surface area contributed by atoms with E-state index in [9.17, 15) is 20.3 Å². The SMILES string of the molecule is CN(C)Cc1ccc(NCCCCCCN2CCC(O)CC2CO)c([N+](=O)[O-])c1. The minimum absolute atomic E-state index is 0.0800. The van der Waals surface area contributed by atoms with Gasteiger partial charge in [0.05, 0.1) is 17.6 Å². The molecule has 3 N–H and O–H groups in total. The Balaban J connectivity index is 1.68. The molecule has 1 aliphatic rings. The maximum atomic E-state index is 11.4. The molecule has 0 bridgehead atoms. The summed E-state index contributed by atoms with van der Waals surface area (Å²) in [6, 6.07) is 5.46. The molecule has 0 spiro atoms. The van der Waals surface area contributed by atoms with Crippen molar-refractivity contribution >= 4 is 11.4 Å². The lowest BCUT2D eigenvalue weighted by Gasteiger charge is -2.36. The zero-order valence-corrected chi connectivity index (χ0v) is 17.7. The largest absolute Gasteiger partial charge is 0.395 e. The Hall–Kier alpha value is -1.74. The second kappa shape index (κ2) is 12.1. The fourth-order valence-electron chi connectivity index (χ4n) is 3.92. The molecule has 2 atom stereocenters. The van der Waals surface area contributed by atoms with Crippen molar-refractivity contribution in [2.75, 3.05) is 45.7 Å². The number of hydrogen-bond donors (Lipinski definition) is 3. The van der Waals surface area contributed by atoms with E-state index in [0.717, 1.165) is 50.8 Å². The summed E-state index contributed by atoms with van der Waals surface area (Å²) in [6.45, 7) is 3.29. The van der Waals surface area contributed by atoms with Gasteiger partial charge in [-0.15, -0.1) is 0 Å². The third-order valence-electron chi connectivity index (χ3n) is 5.47. The molecule has 164 valence electrons. The quantitative estimate of drug-likeness (QED) is 0.277. The average molecular weight is 409 g/mol. The highest BCUT2D eigenvalue weighted by molar-refractivity contribution is 5.62. The number of nitrogens with zero attached hydrogens (tertiary/aromatic N) is 3.